The summed E-state index contributed by atoms with van der Waals surface area (Å²) >= 11 is 0. The third kappa shape index (κ3) is 5.51. The fourth-order valence-corrected chi connectivity index (χ4v) is 3.20. The first kappa shape index (κ1) is 21.9. The summed E-state index contributed by atoms with van der Waals surface area (Å²) in [6, 6.07) is 17.7. The Kier molecular flexibility index (Phi) is 6.89. The summed E-state index contributed by atoms with van der Waals surface area (Å²) in [6.45, 7) is 0.0922. The van der Waals surface area contributed by atoms with Crippen molar-refractivity contribution in [2.24, 2.45) is 0 Å². The van der Waals surface area contributed by atoms with E-state index in [0.29, 0.717) is 35.4 Å². The maximum atomic E-state index is 12.6. The van der Waals surface area contributed by atoms with Gasteiger partial charge in [-0.05, 0) is 36.4 Å². The zero-order valence-electron chi connectivity index (χ0n) is 17.9. The van der Waals surface area contributed by atoms with Crippen molar-refractivity contribution in [3.8, 4) is 17.2 Å². The van der Waals surface area contributed by atoms with E-state index in [1.54, 1.807) is 43.6 Å². The van der Waals surface area contributed by atoms with Crippen LogP contribution < -0.4 is 24.8 Å². The normalized spacial score (nSPS) is 14.2. The molecule has 0 bridgehead atoms. The number of carbonyl (C=O) groups is 2. The Labute approximate surface area is 190 Å². The molecule has 2 heterocycles. The van der Waals surface area contributed by atoms with Gasteiger partial charge in [-0.15, -0.1) is 0 Å². The predicted octanol–water partition coefficient (Wildman–Crippen LogP) is 2.95. The van der Waals surface area contributed by atoms with Crippen molar-refractivity contribution in [3.05, 3.63) is 72.4 Å². The van der Waals surface area contributed by atoms with Crippen LogP contribution in [-0.4, -0.2) is 49.8 Å². The molecule has 2 aromatic carbocycles. The Morgan fingerprint density at radius 1 is 1.06 bits per heavy atom. The third-order valence-corrected chi connectivity index (χ3v) is 4.82. The van der Waals surface area contributed by atoms with Crippen LogP contribution >= 0.6 is 0 Å². The summed E-state index contributed by atoms with van der Waals surface area (Å²) in [6.07, 6.45) is 1.21. The standard InChI is InChI=1S/C24H23N3O6/c1-30-19-9-3-2-8-18(19)27-23-17(7-6-12-25-23)24(29)32-15-22(28)26-13-16-14-31-20-10-4-5-11-21(20)33-16/h2-12,16H,13-15H2,1H3,(H,25,27)(H,26,28). The van der Waals surface area contributed by atoms with Crippen LogP contribution in [0.4, 0.5) is 11.5 Å². The predicted molar refractivity (Wildman–Crippen MR) is 120 cm³/mol. The number of nitrogens with zero attached hydrogens (tertiary/aromatic N) is 1. The van der Waals surface area contributed by atoms with E-state index in [-0.39, 0.29) is 18.2 Å². The summed E-state index contributed by atoms with van der Waals surface area (Å²) in [7, 11) is 1.55. The molecule has 1 amide bonds. The van der Waals surface area contributed by atoms with Gasteiger partial charge in [-0.1, -0.05) is 24.3 Å². The van der Waals surface area contributed by atoms with Gasteiger partial charge in [-0.3, -0.25) is 4.79 Å². The number of esters is 1. The Morgan fingerprint density at radius 3 is 2.70 bits per heavy atom. The molecule has 0 saturated heterocycles. The van der Waals surface area contributed by atoms with Crippen molar-refractivity contribution in [3.63, 3.8) is 0 Å². The number of hydrogen-bond donors (Lipinski definition) is 2. The summed E-state index contributed by atoms with van der Waals surface area (Å²) in [5.41, 5.74) is 0.832. The molecule has 33 heavy (non-hydrogen) atoms. The van der Waals surface area contributed by atoms with E-state index >= 15 is 0 Å². The average molecular weight is 449 g/mol. The Hall–Kier alpha value is -4.27. The molecule has 0 saturated carbocycles. The molecule has 1 unspecified atom stereocenters. The topological polar surface area (TPSA) is 108 Å². The molecule has 0 spiro atoms. The SMILES string of the molecule is COc1ccccc1Nc1ncccc1C(=O)OCC(=O)NCC1COc2ccccc2O1. The number of carbonyl (C=O) groups excluding carboxylic acids is 2. The van der Waals surface area contributed by atoms with E-state index < -0.39 is 18.5 Å². The third-order valence-electron chi connectivity index (χ3n) is 4.82. The maximum absolute atomic E-state index is 12.6. The number of aromatic nitrogens is 1. The summed E-state index contributed by atoms with van der Waals surface area (Å²) < 4.78 is 21.9. The number of rotatable bonds is 8. The maximum Gasteiger partial charge on any atom is 0.342 e. The van der Waals surface area contributed by atoms with Crippen LogP contribution in [0.1, 0.15) is 10.4 Å². The van der Waals surface area contributed by atoms with Crippen molar-refractivity contribution < 1.29 is 28.5 Å². The Morgan fingerprint density at radius 2 is 1.85 bits per heavy atom. The molecule has 0 radical (unpaired) electrons. The molecular weight excluding hydrogens is 426 g/mol. The lowest BCUT2D eigenvalue weighted by Gasteiger charge is -2.26. The second kappa shape index (κ2) is 10.4. The van der Waals surface area contributed by atoms with Gasteiger partial charge in [-0.2, -0.15) is 0 Å². The highest BCUT2D eigenvalue weighted by Crippen LogP contribution is 2.30. The number of benzene rings is 2. The van der Waals surface area contributed by atoms with Gasteiger partial charge < -0.3 is 29.6 Å². The van der Waals surface area contributed by atoms with E-state index in [4.69, 9.17) is 18.9 Å². The highest BCUT2D eigenvalue weighted by Gasteiger charge is 2.22. The van der Waals surface area contributed by atoms with Crippen LogP contribution in [0.25, 0.3) is 0 Å². The minimum atomic E-state index is -0.679. The minimum absolute atomic E-state index is 0.192. The van der Waals surface area contributed by atoms with Crippen LogP contribution in [-0.2, 0) is 9.53 Å². The number of nitrogens with one attached hydrogen (secondary N) is 2. The highest BCUT2D eigenvalue weighted by molar-refractivity contribution is 5.96. The molecule has 2 N–H and O–H groups in total. The van der Waals surface area contributed by atoms with Gasteiger partial charge in [0.05, 0.1) is 19.3 Å². The lowest BCUT2D eigenvalue weighted by molar-refractivity contribution is -0.124. The molecule has 1 atom stereocenters. The van der Waals surface area contributed by atoms with Crippen molar-refractivity contribution in [1.82, 2.24) is 10.3 Å². The second-order valence-corrected chi connectivity index (χ2v) is 7.10. The van der Waals surface area contributed by atoms with Gasteiger partial charge in [0.25, 0.3) is 5.91 Å². The summed E-state index contributed by atoms with van der Waals surface area (Å²) in [4.78, 5) is 29.0. The zero-order valence-corrected chi connectivity index (χ0v) is 17.9. The highest BCUT2D eigenvalue weighted by atomic mass is 16.6. The van der Waals surface area contributed by atoms with E-state index in [1.165, 1.54) is 0 Å². The summed E-state index contributed by atoms with van der Waals surface area (Å²) in [5.74, 6) is 1.05. The first-order valence-electron chi connectivity index (χ1n) is 10.3. The van der Waals surface area contributed by atoms with Crippen molar-refractivity contribution in [2.45, 2.75) is 6.10 Å². The van der Waals surface area contributed by atoms with Crippen LogP contribution in [0.5, 0.6) is 17.2 Å². The van der Waals surface area contributed by atoms with Gasteiger partial charge in [0.1, 0.15) is 29.8 Å². The molecule has 0 fully saturated rings. The van der Waals surface area contributed by atoms with E-state index in [2.05, 4.69) is 15.6 Å². The molecule has 9 nitrogen and oxygen atoms in total. The number of methoxy groups -OCH3 is 1. The van der Waals surface area contributed by atoms with E-state index in [0.717, 1.165) is 0 Å². The van der Waals surface area contributed by atoms with Gasteiger partial charge in [0.15, 0.2) is 18.1 Å². The molecular formula is C24H23N3O6. The van der Waals surface area contributed by atoms with Crippen LogP contribution in [0.15, 0.2) is 66.9 Å². The van der Waals surface area contributed by atoms with Crippen molar-refractivity contribution >= 4 is 23.4 Å². The first-order valence-corrected chi connectivity index (χ1v) is 10.3. The zero-order chi connectivity index (χ0) is 23.0. The first-order chi connectivity index (χ1) is 16.1. The Balaban J connectivity index is 1.30. The van der Waals surface area contributed by atoms with Crippen LogP contribution in [0, 0.1) is 0 Å². The Bertz CT molecular complexity index is 1140. The van der Waals surface area contributed by atoms with E-state index in [1.807, 2.05) is 30.3 Å². The quantitative estimate of drug-likeness (QED) is 0.506. The molecule has 9 heteroatoms. The number of pyridine rings is 1. The fourth-order valence-electron chi connectivity index (χ4n) is 3.20. The molecule has 0 aliphatic carbocycles. The smallest absolute Gasteiger partial charge is 0.342 e. The second-order valence-electron chi connectivity index (χ2n) is 7.10. The molecule has 1 aliphatic rings. The minimum Gasteiger partial charge on any atom is -0.495 e. The number of hydrogen-bond acceptors (Lipinski definition) is 8. The average Bonchev–Trinajstić information content (AvgIpc) is 2.86. The van der Waals surface area contributed by atoms with Crippen molar-refractivity contribution in [2.75, 3.05) is 32.2 Å². The molecule has 4 rings (SSSR count). The van der Waals surface area contributed by atoms with Gasteiger partial charge in [0, 0.05) is 6.20 Å². The van der Waals surface area contributed by atoms with E-state index in [9.17, 15) is 9.59 Å². The molecule has 3 aromatic rings. The van der Waals surface area contributed by atoms with Gasteiger partial charge in [0.2, 0.25) is 0 Å². The lowest BCUT2D eigenvalue weighted by atomic mass is 10.2. The number of anilines is 2. The van der Waals surface area contributed by atoms with Gasteiger partial charge in [-0.25, -0.2) is 9.78 Å². The fraction of sp³-hybridized carbons (Fsp3) is 0.208. The number of para-hydroxylation sites is 4. The van der Waals surface area contributed by atoms with Crippen molar-refractivity contribution in [1.29, 1.82) is 0 Å². The largest absolute Gasteiger partial charge is 0.495 e. The molecule has 1 aliphatic heterocycles. The molecule has 170 valence electrons. The number of fused-ring (bicyclic) bond motifs is 1. The molecule has 1 aromatic heterocycles. The lowest BCUT2D eigenvalue weighted by Crippen LogP contribution is -2.42. The summed E-state index contributed by atoms with van der Waals surface area (Å²) in [5, 5.41) is 5.76. The number of ether oxygens (including phenoxy) is 4. The number of amides is 1. The van der Waals surface area contributed by atoms with Crippen LogP contribution in [0.3, 0.4) is 0 Å². The van der Waals surface area contributed by atoms with Gasteiger partial charge >= 0.3 is 5.97 Å². The van der Waals surface area contributed by atoms with Crippen LogP contribution in [0.2, 0.25) is 0 Å². The monoisotopic (exact) mass is 449 g/mol.